The Balaban J connectivity index is 2.40. The SMILES string of the molecule is OCCC(F)(F)c1cccc2c1OCC2. The molecule has 1 aromatic carbocycles. The van der Waals surface area contributed by atoms with Gasteiger partial charge in [-0.25, -0.2) is 8.78 Å². The molecule has 0 atom stereocenters. The Kier molecular flexibility index (Phi) is 2.61. The monoisotopic (exact) mass is 214 g/mol. The molecule has 0 spiro atoms. The van der Waals surface area contributed by atoms with Crippen LogP contribution in [0, 0.1) is 0 Å². The lowest BCUT2D eigenvalue weighted by atomic mass is 10.0. The number of ether oxygens (including phenoxy) is 1. The highest BCUT2D eigenvalue weighted by molar-refractivity contribution is 5.46. The fraction of sp³-hybridized carbons (Fsp3) is 0.455. The van der Waals surface area contributed by atoms with E-state index in [9.17, 15) is 8.78 Å². The van der Waals surface area contributed by atoms with Gasteiger partial charge in [-0.1, -0.05) is 12.1 Å². The molecule has 1 N–H and O–H groups in total. The summed E-state index contributed by atoms with van der Waals surface area (Å²) in [6.45, 7) is -0.0712. The number of aliphatic hydroxyl groups is 1. The maximum atomic E-state index is 13.6. The molecule has 0 aromatic heterocycles. The van der Waals surface area contributed by atoms with Crippen LogP contribution < -0.4 is 4.74 Å². The molecule has 0 aliphatic carbocycles. The molecular formula is C11H12F2O2. The van der Waals surface area contributed by atoms with Crippen LogP contribution in [0.4, 0.5) is 8.78 Å². The van der Waals surface area contributed by atoms with Crippen LogP contribution in [-0.2, 0) is 12.3 Å². The summed E-state index contributed by atoms with van der Waals surface area (Å²) in [5, 5.41) is 8.59. The number of hydrogen-bond acceptors (Lipinski definition) is 2. The molecule has 2 rings (SSSR count). The average Bonchev–Trinajstić information content (AvgIpc) is 2.64. The van der Waals surface area contributed by atoms with Crippen molar-refractivity contribution >= 4 is 0 Å². The van der Waals surface area contributed by atoms with Crippen molar-refractivity contribution in [1.29, 1.82) is 0 Å². The molecule has 0 amide bonds. The summed E-state index contributed by atoms with van der Waals surface area (Å²) in [6.07, 6.45) is 0.116. The summed E-state index contributed by atoms with van der Waals surface area (Å²) in [7, 11) is 0. The summed E-state index contributed by atoms with van der Waals surface area (Å²) in [5.41, 5.74) is 0.719. The first kappa shape index (κ1) is 10.4. The smallest absolute Gasteiger partial charge is 0.279 e. The van der Waals surface area contributed by atoms with Gasteiger partial charge in [0.15, 0.2) is 0 Å². The van der Waals surface area contributed by atoms with Crippen molar-refractivity contribution in [2.75, 3.05) is 13.2 Å². The lowest BCUT2D eigenvalue weighted by Crippen LogP contribution is -2.16. The number of halogens is 2. The fourth-order valence-electron chi connectivity index (χ4n) is 1.78. The van der Waals surface area contributed by atoms with Gasteiger partial charge in [0.25, 0.3) is 5.92 Å². The minimum absolute atomic E-state index is 0.105. The zero-order valence-corrected chi connectivity index (χ0v) is 8.17. The van der Waals surface area contributed by atoms with Gasteiger partial charge in [-0.15, -0.1) is 0 Å². The largest absolute Gasteiger partial charge is 0.492 e. The number of rotatable bonds is 3. The van der Waals surface area contributed by atoms with Crippen molar-refractivity contribution in [3.63, 3.8) is 0 Å². The van der Waals surface area contributed by atoms with Gasteiger partial charge in [-0.3, -0.25) is 0 Å². The van der Waals surface area contributed by atoms with Crippen molar-refractivity contribution < 1.29 is 18.6 Å². The highest BCUT2D eigenvalue weighted by atomic mass is 19.3. The maximum Gasteiger partial charge on any atom is 0.279 e. The normalized spacial score (nSPS) is 14.9. The number of hydrogen-bond donors (Lipinski definition) is 1. The topological polar surface area (TPSA) is 29.5 Å². The van der Waals surface area contributed by atoms with Crippen LogP contribution in [0.15, 0.2) is 18.2 Å². The zero-order chi connectivity index (χ0) is 10.9. The number of aliphatic hydroxyl groups excluding tert-OH is 1. The Labute approximate surface area is 86.5 Å². The van der Waals surface area contributed by atoms with Gasteiger partial charge in [-0.2, -0.15) is 0 Å². The van der Waals surface area contributed by atoms with Gasteiger partial charge in [0, 0.05) is 19.4 Å². The number of para-hydroxylation sites is 1. The minimum Gasteiger partial charge on any atom is -0.492 e. The van der Waals surface area contributed by atoms with Gasteiger partial charge in [-0.05, 0) is 11.6 Å². The van der Waals surface area contributed by atoms with E-state index in [1.54, 1.807) is 12.1 Å². The second-order valence-corrected chi connectivity index (χ2v) is 3.57. The van der Waals surface area contributed by atoms with Crippen LogP contribution in [-0.4, -0.2) is 18.3 Å². The van der Waals surface area contributed by atoms with E-state index in [2.05, 4.69) is 0 Å². The predicted octanol–water partition coefficient (Wildman–Crippen LogP) is 2.10. The van der Waals surface area contributed by atoms with Crippen LogP contribution in [0.2, 0.25) is 0 Å². The number of alkyl halides is 2. The Morgan fingerprint density at radius 1 is 1.40 bits per heavy atom. The van der Waals surface area contributed by atoms with Crippen molar-refractivity contribution in [2.24, 2.45) is 0 Å². The third-order valence-corrected chi connectivity index (χ3v) is 2.53. The second-order valence-electron chi connectivity index (χ2n) is 3.57. The molecule has 0 bridgehead atoms. The molecule has 0 radical (unpaired) electrons. The minimum atomic E-state index is -3.01. The molecule has 1 aromatic rings. The van der Waals surface area contributed by atoms with E-state index in [0.717, 1.165) is 5.56 Å². The van der Waals surface area contributed by atoms with Crippen molar-refractivity contribution in [3.8, 4) is 5.75 Å². The molecule has 0 saturated heterocycles. The summed E-state index contributed by atoms with van der Waals surface area (Å²) >= 11 is 0. The molecule has 0 unspecified atom stereocenters. The molecule has 2 nitrogen and oxygen atoms in total. The molecule has 1 heterocycles. The highest BCUT2D eigenvalue weighted by Gasteiger charge is 2.36. The van der Waals surface area contributed by atoms with Gasteiger partial charge in [0.1, 0.15) is 5.75 Å². The average molecular weight is 214 g/mol. The summed E-state index contributed by atoms with van der Waals surface area (Å²) in [4.78, 5) is 0. The molecule has 1 aliphatic heterocycles. The summed E-state index contributed by atoms with van der Waals surface area (Å²) < 4.78 is 32.3. The Hall–Kier alpha value is -1.16. The van der Waals surface area contributed by atoms with Crippen LogP contribution in [0.1, 0.15) is 17.5 Å². The summed E-state index contributed by atoms with van der Waals surface area (Å²) in [6, 6.07) is 4.76. The highest BCUT2D eigenvalue weighted by Crippen LogP contribution is 2.41. The molecule has 0 fully saturated rings. The van der Waals surface area contributed by atoms with E-state index in [1.807, 2.05) is 0 Å². The first-order valence-electron chi connectivity index (χ1n) is 4.89. The Morgan fingerprint density at radius 2 is 2.20 bits per heavy atom. The van der Waals surface area contributed by atoms with Gasteiger partial charge < -0.3 is 9.84 Å². The van der Waals surface area contributed by atoms with Crippen molar-refractivity contribution in [2.45, 2.75) is 18.8 Å². The van der Waals surface area contributed by atoms with Crippen LogP contribution >= 0.6 is 0 Å². The molecule has 0 saturated carbocycles. The van der Waals surface area contributed by atoms with Crippen molar-refractivity contribution in [3.05, 3.63) is 29.3 Å². The molecular weight excluding hydrogens is 202 g/mol. The van der Waals surface area contributed by atoms with E-state index in [-0.39, 0.29) is 5.56 Å². The summed E-state index contributed by atoms with van der Waals surface area (Å²) in [5.74, 6) is -2.71. The molecule has 1 aliphatic rings. The first-order chi connectivity index (χ1) is 7.15. The molecule has 15 heavy (non-hydrogen) atoms. The van der Waals surface area contributed by atoms with Crippen molar-refractivity contribution in [1.82, 2.24) is 0 Å². The Morgan fingerprint density at radius 3 is 2.93 bits per heavy atom. The quantitative estimate of drug-likeness (QED) is 0.834. The van der Waals surface area contributed by atoms with Crippen LogP contribution in [0.3, 0.4) is 0 Å². The lowest BCUT2D eigenvalue weighted by molar-refractivity contribution is -0.0287. The van der Waals surface area contributed by atoms with Crippen LogP contribution in [0.25, 0.3) is 0 Å². The Bertz CT molecular complexity index is 364. The van der Waals surface area contributed by atoms with E-state index in [0.29, 0.717) is 18.8 Å². The zero-order valence-electron chi connectivity index (χ0n) is 8.17. The van der Waals surface area contributed by atoms with E-state index < -0.39 is 19.0 Å². The third kappa shape index (κ3) is 1.81. The first-order valence-corrected chi connectivity index (χ1v) is 4.89. The van der Waals surface area contributed by atoms with E-state index in [4.69, 9.17) is 9.84 Å². The van der Waals surface area contributed by atoms with Gasteiger partial charge in [0.2, 0.25) is 0 Å². The van der Waals surface area contributed by atoms with Gasteiger partial charge in [0.05, 0.1) is 12.2 Å². The predicted molar refractivity (Wildman–Crippen MR) is 51.2 cm³/mol. The van der Waals surface area contributed by atoms with Gasteiger partial charge >= 0.3 is 0 Å². The standard InChI is InChI=1S/C11H12F2O2/c12-11(13,5-6-14)9-3-1-2-8-4-7-15-10(8)9/h1-3,14H,4-7H2. The third-order valence-electron chi connectivity index (χ3n) is 2.53. The fourth-order valence-corrected chi connectivity index (χ4v) is 1.78. The molecule has 4 heteroatoms. The maximum absolute atomic E-state index is 13.6. The second kappa shape index (κ2) is 3.77. The molecule has 82 valence electrons. The van der Waals surface area contributed by atoms with Crippen LogP contribution in [0.5, 0.6) is 5.75 Å². The number of benzene rings is 1. The van der Waals surface area contributed by atoms with E-state index in [1.165, 1.54) is 6.07 Å². The lowest BCUT2D eigenvalue weighted by Gasteiger charge is -2.18. The number of fused-ring (bicyclic) bond motifs is 1. The van der Waals surface area contributed by atoms with E-state index >= 15 is 0 Å².